The van der Waals surface area contributed by atoms with Crippen molar-refractivity contribution in [3.8, 4) is 0 Å². The summed E-state index contributed by atoms with van der Waals surface area (Å²) in [6.07, 6.45) is 4.77. The highest BCUT2D eigenvalue weighted by atomic mass is 14.8. The molecule has 0 saturated carbocycles. The molecule has 0 aliphatic rings. The van der Waals surface area contributed by atoms with Gasteiger partial charge in [0.15, 0.2) is 0 Å². The Morgan fingerprint density at radius 2 is 1.74 bits per heavy atom. The van der Waals surface area contributed by atoms with Gasteiger partial charge in [-0.05, 0) is 30.0 Å². The van der Waals surface area contributed by atoms with E-state index in [-0.39, 0.29) is 6.04 Å². The molecule has 0 aliphatic heterocycles. The van der Waals surface area contributed by atoms with Gasteiger partial charge in [0.25, 0.3) is 0 Å². The Labute approximate surface area is 115 Å². The molecule has 0 aromatic heterocycles. The van der Waals surface area contributed by atoms with Crippen molar-refractivity contribution in [3.63, 3.8) is 0 Å². The molecule has 2 aromatic carbocycles. The number of hydrogen-bond acceptors (Lipinski definition) is 1. The van der Waals surface area contributed by atoms with Crippen molar-refractivity contribution >= 4 is 6.21 Å². The highest BCUT2D eigenvalue weighted by Gasteiger charge is 2.02. The molecular formula is C18H19N. The predicted octanol–water partition coefficient (Wildman–Crippen LogP) is 4.60. The quantitative estimate of drug-likeness (QED) is 0.542. The van der Waals surface area contributed by atoms with E-state index in [0.29, 0.717) is 0 Å². The first kappa shape index (κ1) is 13.3. The van der Waals surface area contributed by atoms with Crippen LogP contribution in [0.5, 0.6) is 0 Å². The van der Waals surface area contributed by atoms with Gasteiger partial charge in [0, 0.05) is 6.21 Å². The van der Waals surface area contributed by atoms with Crippen molar-refractivity contribution < 1.29 is 0 Å². The zero-order chi connectivity index (χ0) is 13.5. The van der Waals surface area contributed by atoms with Crippen LogP contribution in [0.1, 0.15) is 29.7 Å². The van der Waals surface area contributed by atoms with E-state index in [1.165, 1.54) is 16.7 Å². The second-order valence-corrected chi connectivity index (χ2v) is 4.56. The Bertz CT molecular complexity index is 555. The van der Waals surface area contributed by atoms with Crippen LogP contribution in [0, 0.1) is 0 Å². The Balaban J connectivity index is 2.16. The first-order valence-corrected chi connectivity index (χ1v) is 6.58. The van der Waals surface area contributed by atoms with Crippen molar-refractivity contribution in [2.24, 2.45) is 4.99 Å². The van der Waals surface area contributed by atoms with E-state index in [1.807, 2.05) is 36.6 Å². The lowest BCUT2D eigenvalue weighted by Crippen LogP contribution is -1.94. The van der Waals surface area contributed by atoms with E-state index in [2.05, 4.69) is 48.8 Å². The van der Waals surface area contributed by atoms with Crippen LogP contribution in [0.25, 0.3) is 0 Å². The third-order valence-electron chi connectivity index (χ3n) is 3.14. The van der Waals surface area contributed by atoms with E-state index in [9.17, 15) is 0 Å². The fraction of sp³-hybridized carbons (Fsp3) is 0.167. The molecular weight excluding hydrogens is 230 g/mol. The van der Waals surface area contributed by atoms with Gasteiger partial charge in [0.05, 0.1) is 6.04 Å². The Kier molecular flexibility index (Phi) is 4.68. The Morgan fingerprint density at radius 3 is 2.47 bits per heavy atom. The lowest BCUT2D eigenvalue weighted by molar-refractivity contribution is 0.825. The lowest BCUT2D eigenvalue weighted by atomic mass is 10.1. The predicted molar refractivity (Wildman–Crippen MR) is 82.8 cm³/mol. The summed E-state index contributed by atoms with van der Waals surface area (Å²) in [5.41, 5.74) is 3.67. The van der Waals surface area contributed by atoms with Gasteiger partial charge >= 0.3 is 0 Å². The summed E-state index contributed by atoms with van der Waals surface area (Å²) in [6.45, 7) is 5.91. The van der Waals surface area contributed by atoms with Crippen molar-refractivity contribution in [3.05, 3.63) is 83.9 Å². The third kappa shape index (κ3) is 3.65. The fourth-order valence-electron chi connectivity index (χ4n) is 2.01. The van der Waals surface area contributed by atoms with Gasteiger partial charge in [0.1, 0.15) is 0 Å². The van der Waals surface area contributed by atoms with Gasteiger partial charge in [-0.15, -0.1) is 6.58 Å². The maximum absolute atomic E-state index is 4.65. The molecule has 0 bridgehead atoms. The van der Waals surface area contributed by atoms with Crippen molar-refractivity contribution in [1.82, 2.24) is 0 Å². The summed E-state index contributed by atoms with van der Waals surface area (Å²) in [4.78, 5) is 4.65. The number of aliphatic imine (C=N–C) groups is 1. The van der Waals surface area contributed by atoms with Crippen LogP contribution in [0.3, 0.4) is 0 Å². The fourth-order valence-corrected chi connectivity index (χ4v) is 2.01. The zero-order valence-corrected chi connectivity index (χ0v) is 11.3. The minimum absolute atomic E-state index is 0.179. The van der Waals surface area contributed by atoms with Crippen LogP contribution in [0.15, 0.2) is 72.2 Å². The summed E-state index contributed by atoms with van der Waals surface area (Å²) in [5, 5.41) is 0. The molecule has 1 nitrogen and oxygen atoms in total. The van der Waals surface area contributed by atoms with Crippen LogP contribution in [0.4, 0.5) is 0 Å². The van der Waals surface area contributed by atoms with Crippen LogP contribution in [0.2, 0.25) is 0 Å². The monoisotopic (exact) mass is 249 g/mol. The van der Waals surface area contributed by atoms with Crippen molar-refractivity contribution in [2.75, 3.05) is 0 Å². The number of rotatable bonds is 5. The molecule has 0 N–H and O–H groups in total. The minimum Gasteiger partial charge on any atom is -0.285 e. The first-order valence-electron chi connectivity index (χ1n) is 6.58. The molecule has 1 atom stereocenters. The molecule has 0 fully saturated rings. The SMILES string of the molecule is C=CCc1ccccc1/C=N/C(C)c1ccccc1. The number of benzene rings is 2. The third-order valence-corrected chi connectivity index (χ3v) is 3.14. The van der Waals surface area contributed by atoms with Gasteiger partial charge in [-0.1, -0.05) is 60.7 Å². The molecule has 0 spiro atoms. The molecule has 0 radical (unpaired) electrons. The van der Waals surface area contributed by atoms with Gasteiger partial charge in [-0.25, -0.2) is 0 Å². The van der Waals surface area contributed by atoms with Gasteiger partial charge in [-0.3, -0.25) is 4.99 Å². The van der Waals surface area contributed by atoms with Crippen LogP contribution in [-0.2, 0) is 6.42 Å². The average molecular weight is 249 g/mol. The Morgan fingerprint density at radius 1 is 1.05 bits per heavy atom. The average Bonchev–Trinajstić information content (AvgIpc) is 2.47. The first-order chi connectivity index (χ1) is 9.31. The van der Waals surface area contributed by atoms with E-state index in [4.69, 9.17) is 0 Å². The van der Waals surface area contributed by atoms with E-state index < -0.39 is 0 Å². The Hall–Kier alpha value is -2.15. The number of hydrogen-bond donors (Lipinski definition) is 0. The molecule has 1 heteroatoms. The second kappa shape index (κ2) is 6.69. The highest BCUT2D eigenvalue weighted by Crippen LogP contribution is 2.16. The molecule has 1 unspecified atom stereocenters. The maximum atomic E-state index is 4.65. The summed E-state index contributed by atoms with van der Waals surface area (Å²) in [6, 6.07) is 18.8. The topological polar surface area (TPSA) is 12.4 Å². The molecule has 2 rings (SSSR count). The second-order valence-electron chi connectivity index (χ2n) is 4.56. The van der Waals surface area contributed by atoms with Crippen molar-refractivity contribution in [1.29, 1.82) is 0 Å². The number of allylic oxidation sites excluding steroid dienone is 1. The summed E-state index contributed by atoms with van der Waals surface area (Å²) in [7, 11) is 0. The van der Waals surface area contributed by atoms with Crippen LogP contribution >= 0.6 is 0 Å². The summed E-state index contributed by atoms with van der Waals surface area (Å²) < 4.78 is 0. The van der Waals surface area contributed by atoms with Gasteiger partial charge in [0.2, 0.25) is 0 Å². The lowest BCUT2D eigenvalue weighted by Gasteiger charge is -2.07. The van der Waals surface area contributed by atoms with Crippen molar-refractivity contribution in [2.45, 2.75) is 19.4 Å². The molecule has 0 saturated heterocycles. The maximum Gasteiger partial charge on any atom is 0.0721 e. The zero-order valence-electron chi connectivity index (χ0n) is 11.3. The van der Waals surface area contributed by atoms with Crippen LogP contribution < -0.4 is 0 Å². The molecule has 2 aromatic rings. The van der Waals surface area contributed by atoms with E-state index in [1.54, 1.807) is 0 Å². The largest absolute Gasteiger partial charge is 0.285 e. The molecule has 19 heavy (non-hydrogen) atoms. The van der Waals surface area contributed by atoms with Gasteiger partial charge < -0.3 is 0 Å². The van der Waals surface area contributed by atoms with E-state index in [0.717, 1.165) is 6.42 Å². The summed E-state index contributed by atoms with van der Waals surface area (Å²) >= 11 is 0. The van der Waals surface area contributed by atoms with Crippen LogP contribution in [-0.4, -0.2) is 6.21 Å². The molecule has 0 amide bonds. The highest BCUT2D eigenvalue weighted by molar-refractivity contribution is 5.82. The smallest absolute Gasteiger partial charge is 0.0721 e. The number of nitrogens with zero attached hydrogens (tertiary/aromatic N) is 1. The van der Waals surface area contributed by atoms with Gasteiger partial charge in [-0.2, -0.15) is 0 Å². The summed E-state index contributed by atoms with van der Waals surface area (Å²) in [5.74, 6) is 0. The standard InChI is InChI=1S/C18H19N/c1-3-9-17-12-7-8-13-18(17)14-19-15(2)16-10-5-4-6-11-16/h3-8,10-15H,1,9H2,2H3/b19-14+. The molecule has 0 aliphatic carbocycles. The van der Waals surface area contributed by atoms with E-state index >= 15 is 0 Å². The normalized spacial score (nSPS) is 12.5. The minimum atomic E-state index is 0.179. The molecule has 0 heterocycles. The molecule has 96 valence electrons.